The number of piperidine rings is 1. The van der Waals surface area contributed by atoms with Gasteiger partial charge in [-0.25, -0.2) is 4.79 Å². The number of aromatic nitrogens is 1. The summed E-state index contributed by atoms with van der Waals surface area (Å²) < 4.78 is 11.5. The molecule has 0 aliphatic carbocycles. The van der Waals surface area contributed by atoms with Gasteiger partial charge in [0.1, 0.15) is 17.6 Å². The molecule has 1 aliphatic rings. The first-order valence-electron chi connectivity index (χ1n) is 11.0. The summed E-state index contributed by atoms with van der Waals surface area (Å²) in [6.45, 7) is 1.11. The van der Waals surface area contributed by atoms with E-state index < -0.39 is 5.97 Å². The third-order valence-corrected chi connectivity index (χ3v) is 5.52. The SMILES string of the molecule is O=C(O)Cc1ccc(OC2CCN(C(=O)Oc3ccc(Cc4ccccn4)cc3)CC2)cc1. The van der Waals surface area contributed by atoms with Gasteiger partial charge in [-0.05, 0) is 47.5 Å². The van der Waals surface area contributed by atoms with E-state index in [1.165, 1.54) is 0 Å². The van der Waals surface area contributed by atoms with E-state index in [1.54, 1.807) is 47.5 Å². The summed E-state index contributed by atoms with van der Waals surface area (Å²) >= 11 is 0. The zero-order valence-electron chi connectivity index (χ0n) is 18.2. The standard InChI is InChI=1S/C26H26N2O5/c29-25(30)18-20-6-8-22(9-7-20)32-24-12-15-28(16-13-24)26(31)33-23-10-4-19(5-11-23)17-21-3-1-2-14-27-21/h1-11,14,24H,12-13,15-18H2,(H,29,30). The van der Waals surface area contributed by atoms with Crippen molar-refractivity contribution in [2.75, 3.05) is 13.1 Å². The van der Waals surface area contributed by atoms with E-state index in [0.717, 1.165) is 23.2 Å². The fourth-order valence-corrected chi connectivity index (χ4v) is 3.76. The zero-order valence-corrected chi connectivity index (χ0v) is 18.2. The van der Waals surface area contributed by atoms with E-state index in [1.807, 2.05) is 30.3 Å². The zero-order chi connectivity index (χ0) is 23.0. The number of ether oxygens (including phenoxy) is 2. The quantitative estimate of drug-likeness (QED) is 0.581. The summed E-state index contributed by atoms with van der Waals surface area (Å²) in [4.78, 5) is 29.3. The highest BCUT2D eigenvalue weighted by Gasteiger charge is 2.25. The monoisotopic (exact) mass is 446 g/mol. The first-order chi connectivity index (χ1) is 16.0. The van der Waals surface area contributed by atoms with Crippen molar-refractivity contribution in [2.45, 2.75) is 31.8 Å². The Balaban J connectivity index is 1.22. The normalized spacial score (nSPS) is 14.0. The fraction of sp³-hybridized carbons (Fsp3) is 0.269. The Morgan fingerprint density at radius 2 is 1.58 bits per heavy atom. The van der Waals surface area contributed by atoms with E-state index in [0.29, 0.717) is 37.4 Å². The van der Waals surface area contributed by atoms with Crippen molar-refractivity contribution in [2.24, 2.45) is 0 Å². The van der Waals surface area contributed by atoms with Gasteiger partial charge in [0.05, 0.1) is 6.42 Å². The number of aliphatic carboxylic acids is 1. The molecule has 0 bridgehead atoms. The van der Waals surface area contributed by atoms with Crippen LogP contribution in [0.15, 0.2) is 72.9 Å². The number of likely N-dealkylation sites (tertiary alicyclic amines) is 1. The largest absolute Gasteiger partial charge is 0.490 e. The van der Waals surface area contributed by atoms with Crippen LogP contribution in [0, 0.1) is 0 Å². The smallest absolute Gasteiger partial charge is 0.415 e. The second kappa shape index (κ2) is 10.6. The summed E-state index contributed by atoms with van der Waals surface area (Å²) in [5, 5.41) is 8.85. The average molecular weight is 447 g/mol. The van der Waals surface area contributed by atoms with Gasteiger partial charge in [-0.3, -0.25) is 9.78 Å². The molecule has 1 N–H and O–H groups in total. The molecule has 7 nitrogen and oxygen atoms in total. The summed E-state index contributed by atoms with van der Waals surface area (Å²) in [5.74, 6) is 0.365. The number of amides is 1. The lowest BCUT2D eigenvalue weighted by molar-refractivity contribution is -0.136. The molecule has 0 spiro atoms. The van der Waals surface area contributed by atoms with Gasteiger partial charge >= 0.3 is 12.1 Å². The summed E-state index contributed by atoms with van der Waals surface area (Å²) in [6, 6.07) is 20.4. The van der Waals surface area contributed by atoms with E-state index in [2.05, 4.69) is 4.98 Å². The topological polar surface area (TPSA) is 89.0 Å². The fourth-order valence-electron chi connectivity index (χ4n) is 3.76. The molecule has 2 aromatic carbocycles. The first-order valence-corrected chi connectivity index (χ1v) is 11.0. The van der Waals surface area contributed by atoms with Crippen molar-refractivity contribution in [3.05, 3.63) is 89.7 Å². The summed E-state index contributed by atoms with van der Waals surface area (Å²) in [7, 11) is 0. The average Bonchev–Trinajstić information content (AvgIpc) is 2.82. The molecule has 4 rings (SSSR count). The second-order valence-corrected chi connectivity index (χ2v) is 8.03. The number of carboxylic acid groups (broad SMARTS) is 1. The Labute approximate surface area is 192 Å². The number of rotatable bonds is 7. The molecule has 0 saturated carbocycles. The molecule has 1 aliphatic heterocycles. The van der Waals surface area contributed by atoms with E-state index in [9.17, 15) is 9.59 Å². The minimum atomic E-state index is -0.858. The molecule has 33 heavy (non-hydrogen) atoms. The predicted molar refractivity (Wildman–Crippen MR) is 123 cm³/mol. The van der Waals surface area contributed by atoms with Gasteiger partial charge in [0.25, 0.3) is 0 Å². The lowest BCUT2D eigenvalue weighted by Gasteiger charge is -2.31. The molecule has 0 unspecified atom stereocenters. The number of nitrogens with zero attached hydrogens (tertiary/aromatic N) is 2. The van der Waals surface area contributed by atoms with Crippen LogP contribution >= 0.6 is 0 Å². The molecule has 0 radical (unpaired) electrons. The minimum Gasteiger partial charge on any atom is -0.490 e. The van der Waals surface area contributed by atoms with Crippen LogP contribution < -0.4 is 9.47 Å². The Morgan fingerprint density at radius 1 is 0.909 bits per heavy atom. The lowest BCUT2D eigenvalue weighted by atomic mass is 10.1. The Morgan fingerprint density at radius 3 is 2.21 bits per heavy atom. The Hall–Kier alpha value is -3.87. The van der Waals surface area contributed by atoms with Crippen LogP contribution in [0.2, 0.25) is 0 Å². The van der Waals surface area contributed by atoms with Crippen LogP contribution in [0.4, 0.5) is 4.79 Å². The van der Waals surface area contributed by atoms with E-state index >= 15 is 0 Å². The van der Waals surface area contributed by atoms with Crippen LogP contribution in [-0.4, -0.2) is 46.2 Å². The first kappa shape index (κ1) is 22.3. The number of carboxylic acids is 1. The molecule has 3 aromatic rings. The van der Waals surface area contributed by atoms with Crippen LogP contribution in [0.5, 0.6) is 11.5 Å². The van der Waals surface area contributed by atoms with Crippen molar-refractivity contribution in [3.63, 3.8) is 0 Å². The highest BCUT2D eigenvalue weighted by atomic mass is 16.6. The summed E-state index contributed by atoms with van der Waals surface area (Å²) in [5.41, 5.74) is 2.82. The third-order valence-electron chi connectivity index (χ3n) is 5.52. The maximum absolute atomic E-state index is 12.5. The van der Waals surface area contributed by atoms with Crippen molar-refractivity contribution in [1.82, 2.24) is 9.88 Å². The number of carbonyl (C=O) groups is 2. The summed E-state index contributed by atoms with van der Waals surface area (Å²) in [6.07, 6.45) is 3.55. The molecule has 7 heteroatoms. The minimum absolute atomic E-state index is 0.00486. The molecule has 1 saturated heterocycles. The van der Waals surface area contributed by atoms with E-state index in [4.69, 9.17) is 14.6 Å². The number of hydrogen-bond acceptors (Lipinski definition) is 5. The molecule has 2 heterocycles. The van der Waals surface area contributed by atoms with Crippen LogP contribution in [0.3, 0.4) is 0 Å². The van der Waals surface area contributed by atoms with Crippen molar-refractivity contribution >= 4 is 12.1 Å². The Bertz CT molecular complexity index is 1060. The van der Waals surface area contributed by atoms with Crippen LogP contribution in [0.1, 0.15) is 29.7 Å². The second-order valence-electron chi connectivity index (χ2n) is 8.03. The van der Waals surface area contributed by atoms with Gasteiger partial charge in [0, 0.05) is 44.2 Å². The molecular weight excluding hydrogens is 420 g/mol. The lowest BCUT2D eigenvalue weighted by Crippen LogP contribution is -2.43. The highest BCUT2D eigenvalue weighted by Crippen LogP contribution is 2.21. The van der Waals surface area contributed by atoms with E-state index in [-0.39, 0.29) is 18.6 Å². The van der Waals surface area contributed by atoms with Crippen molar-refractivity contribution in [3.8, 4) is 11.5 Å². The molecule has 170 valence electrons. The molecular formula is C26H26N2O5. The number of benzene rings is 2. The third kappa shape index (κ3) is 6.55. The maximum Gasteiger partial charge on any atom is 0.415 e. The van der Waals surface area contributed by atoms with Crippen LogP contribution in [-0.2, 0) is 17.6 Å². The van der Waals surface area contributed by atoms with Gasteiger partial charge in [0.15, 0.2) is 0 Å². The van der Waals surface area contributed by atoms with Gasteiger partial charge in [-0.1, -0.05) is 30.3 Å². The number of hydrogen-bond donors (Lipinski definition) is 1. The molecule has 1 aromatic heterocycles. The molecule has 1 fully saturated rings. The van der Waals surface area contributed by atoms with Crippen molar-refractivity contribution in [1.29, 1.82) is 0 Å². The number of pyridine rings is 1. The van der Waals surface area contributed by atoms with Gasteiger partial charge in [-0.15, -0.1) is 0 Å². The van der Waals surface area contributed by atoms with Gasteiger partial charge < -0.3 is 19.5 Å². The molecule has 1 amide bonds. The van der Waals surface area contributed by atoms with Crippen molar-refractivity contribution < 1.29 is 24.2 Å². The highest BCUT2D eigenvalue weighted by molar-refractivity contribution is 5.71. The van der Waals surface area contributed by atoms with Gasteiger partial charge in [0.2, 0.25) is 0 Å². The maximum atomic E-state index is 12.5. The van der Waals surface area contributed by atoms with Crippen LogP contribution in [0.25, 0.3) is 0 Å². The number of carbonyl (C=O) groups excluding carboxylic acids is 1. The van der Waals surface area contributed by atoms with Gasteiger partial charge in [-0.2, -0.15) is 0 Å². The molecule has 0 atom stereocenters. The Kier molecular flexibility index (Phi) is 7.19. The predicted octanol–water partition coefficient (Wildman–Crippen LogP) is 4.34.